The van der Waals surface area contributed by atoms with Crippen molar-refractivity contribution in [2.24, 2.45) is 0 Å². The van der Waals surface area contributed by atoms with E-state index in [1.54, 1.807) is 25.6 Å². The number of pyridine rings is 1. The second kappa shape index (κ2) is 6.90. The lowest BCUT2D eigenvalue weighted by atomic mass is 9.98. The lowest BCUT2D eigenvalue weighted by molar-refractivity contribution is 0.0646. The highest BCUT2D eigenvalue weighted by Crippen LogP contribution is 2.43. The molecule has 0 unspecified atom stereocenters. The van der Waals surface area contributed by atoms with E-state index in [0.29, 0.717) is 37.0 Å². The monoisotopic (exact) mass is 352 g/mol. The molecule has 6 heteroatoms. The summed E-state index contributed by atoms with van der Waals surface area (Å²) in [5, 5.41) is 0. The number of nitrogens with zero attached hydrogens (tertiary/aromatic N) is 2. The fraction of sp³-hybridized carbons (Fsp3) is 0.300. The molecule has 2 aliphatic heterocycles. The van der Waals surface area contributed by atoms with Crippen LogP contribution in [0.5, 0.6) is 11.5 Å². The molecule has 6 nitrogen and oxygen atoms in total. The molecule has 1 aromatic carbocycles. The summed E-state index contributed by atoms with van der Waals surface area (Å²) in [6.07, 6.45) is 5.12. The van der Waals surface area contributed by atoms with E-state index >= 15 is 0 Å². The van der Waals surface area contributed by atoms with Crippen molar-refractivity contribution < 1.29 is 19.0 Å². The van der Waals surface area contributed by atoms with Gasteiger partial charge in [-0.3, -0.25) is 14.7 Å². The van der Waals surface area contributed by atoms with Crippen molar-refractivity contribution in [3.05, 3.63) is 58.6 Å². The third-order valence-electron chi connectivity index (χ3n) is 4.58. The Bertz CT molecular complexity index is 877. The topological polar surface area (TPSA) is 60.9 Å². The van der Waals surface area contributed by atoms with Crippen LogP contribution in [0.4, 0.5) is 0 Å². The van der Waals surface area contributed by atoms with Crippen LogP contribution in [-0.2, 0) is 11.3 Å². The first-order valence-electron chi connectivity index (χ1n) is 8.52. The highest BCUT2D eigenvalue weighted by Gasteiger charge is 2.35. The maximum Gasteiger partial charge on any atom is 0.232 e. The van der Waals surface area contributed by atoms with Gasteiger partial charge >= 0.3 is 0 Å². The molecule has 0 atom stereocenters. The first-order valence-corrected chi connectivity index (χ1v) is 8.52. The summed E-state index contributed by atoms with van der Waals surface area (Å²) in [5.74, 6) is 1.62. The van der Waals surface area contributed by atoms with E-state index in [0.717, 1.165) is 29.0 Å². The molecule has 3 heterocycles. The summed E-state index contributed by atoms with van der Waals surface area (Å²) < 4.78 is 17.0. The van der Waals surface area contributed by atoms with Gasteiger partial charge in [0.25, 0.3) is 0 Å². The van der Waals surface area contributed by atoms with Gasteiger partial charge in [-0.2, -0.15) is 0 Å². The lowest BCUT2D eigenvalue weighted by Crippen LogP contribution is -2.34. The van der Waals surface area contributed by atoms with Gasteiger partial charge in [0.15, 0.2) is 5.76 Å². The minimum Gasteiger partial charge on any atom is -0.478 e. The number of carbonyl (C=O) groups is 1. The van der Waals surface area contributed by atoms with Crippen molar-refractivity contribution in [3.8, 4) is 11.5 Å². The molecule has 0 saturated carbocycles. The number of ether oxygens (including phenoxy) is 3. The Kier molecular flexibility index (Phi) is 4.44. The molecule has 0 radical (unpaired) electrons. The Labute approximate surface area is 152 Å². The standard InChI is InChI=1S/C20H20N2O4/c1-13-8-16-15(11-22(12-25-16)6-7-24-2)20-18(13)19(23)17(26-20)9-14-4-3-5-21-10-14/h3-5,8-10H,6-7,11-12H2,1-2H3/b17-9-. The molecule has 2 aromatic rings. The van der Waals surface area contributed by atoms with Gasteiger partial charge in [-0.1, -0.05) is 6.07 Å². The van der Waals surface area contributed by atoms with Crippen LogP contribution in [-0.4, -0.2) is 42.7 Å². The average Bonchev–Trinajstić information content (AvgIpc) is 2.98. The number of hydrogen-bond donors (Lipinski definition) is 0. The van der Waals surface area contributed by atoms with Gasteiger partial charge in [0.05, 0.1) is 17.7 Å². The third-order valence-corrected chi connectivity index (χ3v) is 4.58. The predicted octanol–water partition coefficient (Wildman–Crippen LogP) is 2.80. The maximum absolute atomic E-state index is 12.9. The highest BCUT2D eigenvalue weighted by molar-refractivity contribution is 6.15. The smallest absolute Gasteiger partial charge is 0.232 e. The van der Waals surface area contributed by atoms with Crippen LogP contribution in [0.1, 0.15) is 27.0 Å². The van der Waals surface area contributed by atoms with E-state index in [1.165, 1.54) is 0 Å². The van der Waals surface area contributed by atoms with E-state index in [-0.39, 0.29) is 5.78 Å². The number of carbonyl (C=O) groups excluding carboxylic acids is 1. The number of Topliss-reactive ketones (excluding diaryl/α,β-unsaturated/α-hetero) is 1. The molecule has 134 valence electrons. The van der Waals surface area contributed by atoms with Crippen LogP contribution < -0.4 is 9.47 Å². The normalized spacial score (nSPS) is 17.6. The summed E-state index contributed by atoms with van der Waals surface area (Å²) in [5.41, 5.74) is 3.23. The number of benzene rings is 1. The molecule has 2 aliphatic rings. The number of methoxy groups -OCH3 is 1. The molecule has 0 bridgehead atoms. The highest BCUT2D eigenvalue weighted by atomic mass is 16.5. The summed E-state index contributed by atoms with van der Waals surface area (Å²) in [6, 6.07) is 5.64. The van der Waals surface area contributed by atoms with Crippen molar-refractivity contribution in [2.75, 3.05) is 27.0 Å². The van der Waals surface area contributed by atoms with Crippen LogP contribution in [0.3, 0.4) is 0 Å². The van der Waals surface area contributed by atoms with Gasteiger partial charge in [0.1, 0.15) is 18.2 Å². The van der Waals surface area contributed by atoms with Crippen LogP contribution in [0, 0.1) is 6.92 Å². The van der Waals surface area contributed by atoms with Gasteiger partial charge in [-0.05, 0) is 36.3 Å². The minimum absolute atomic E-state index is 0.0989. The second-order valence-electron chi connectivity index (χ2n) is 6.42. The molecule has 0 aliphatic carbocycles. The van der Waals surface area contributed by atoms with E-state index in [2.05, 4.69) is 9.88 Å². The first kappa shape index (κ1) is 16.8. The van der Waals surface area contributed by atoms with Crippen molar-refractivity contribution in [1.82, 2.24) is 9.88 Å². The molecule has 0 fully saturated rings. The van der Waals surface area contributed by atoms with Gasteiger partial charge in [-0.25, -0.2) is 0 Å². The van der Waals surface area contributed by atoms with Crippen LogP contribution in [0.2, 0.25) is 0 Å². The Morgan fingerprint density at radius 3 is 3.08 bits per heavy atom. The van der Waals surface area contributed by atoms with E-state index < -0.39 is 0 Å². The zero-order valence-corrected chi connectivity index (χ0v) is 14.8. The number of fused-ring (bicyclic) bond motifs is 3. The minimum atomic E-state index is -0.0989. The van der Waals surface area contributed by atoms with Gasteiger partial charge in [0.2, 0.25) is 5.78 Å². The van der Waals surface area contributed by atoms with Gasteiger partial charge < -0.3 is 14.2 Å². The fourth-order valence-corrected chi connectivity index (χ4v) is 3.25. The van der Waals surface area contributed by atoms with Crippen molar-refractivity contribution in [2.45, 2.75) is 13.5 Å². The molecule has 0 saturated heterocycles. The summed E-state index contributed by atoms with van der Waals surface area (Å²) in [6.45, 7) is 4.45. The number of aromatic nitrogens is 1. The lowest BCUT2D eigenvalue weighted by Gasteiger charge is -2.29. The zero-order chi connectivity index (χ0) is 18.1. The summed E-state index contributed by atoms with van der Waals surface area (Å²) >= 11 is 0. The first-order chi connectivity index (χ1) is 12.7. The Morgan fingerprint density at radius 2 is 2.31 bits per heavy atom. The number of ketones is 1. The summed E-state index contributed by atoms with van der Waals surface area (Å²) in [4.78, 5) is 19.1. The SMILES string of the molecule is COCCN1COc2cc(C)c3c(c2C1)O/C(=C\c1cccnc1)C3=O. The number of aryl methyl sites for hydroxylation is 1. The van der Waals surface area contributed by atoms with Crippen LogP contribution >= 0.6 is 0 Å². The number of rotatable bonds is 4. The molecule has 0 spiro atoms. The molecule has 1 aromatic heterocycles. The van der Waals surface area contributed by atoms with Crippen LogP contribution in [0.15, 0.2) is 36.4 Å². The third kappa shape index (κ3) is 2.98. The molecule has 0 amide bonds. The molecule has 0 N–H and O–H groups in total. The Morgan fingerprint density at radius 1 is 1.42 bits per heavy atom. The van der Waals surface area contributed by atoms with Crippen molar-refractivity contribution in [3.63, 3.8) is 0 Å². The van der Waals surface area contributed by atoms with E-state index in [4.69, 9.17) is 14.2 Å². The zero-order valence-electron chi connectivity index (χ0n) is 14.8. The predicted molar refractivity (Wildman–Crippen MR) is 96.1 cm³/mol. The molecule has 26 heavy (non-hydrogen) atoms. The Balaban J connectivity index is 1.70. The number of hydrogen-bond acceptors (Lipinski definition) is 6. The number of allylic oxidation sites excluding steroid dienone is 1. The fourth-order valence-electron chi connectivity index (χ4n) is 3.25. The molecular formula is C20H20N2O4. The maximum atomic E-state index is 12.9. The Hall–Kier alpha value is -2.70. The largest absolute Gasteiger partial charge is 0.478 e. The van der Waals surface area contributed by atoms with E-state index in [1.807, 2.05) is 25.1 Å². The summed E-state index contributed by atoms with van der Waals surface area (Å²) in [7, 11) is 1.68. The van der Waals surface area contributed by atoms with Crippen molar-refractivity contribution >= 4 is 11.9 Å². The molecular weight excluding hydrogens is 332 g/mol. The second-order valence-corrected chi connectivity index (χ2v) is 6.42. The van der Waals surface area contributed by atoms with Gasteiger partial charge in [-0.15, -0.1) is 0 Å². The van der Waals surface area contributed by atoms with Crippen LogP contribution in [0.25, 0.3) is 6.08 Å². The quantitative estimate of drug-likeness (QED) is 0.789. The average molecular weight is 352 g/mol. The molecule has 4 rings (SSSR count). The van der Waals surface area contributed by atoms with E-state index in [9.17, 15) is 4.79 Å². The van der Waals surface area contributed by atoms with Gasteiger partial charge in [0, 0.05) is 32.6 Å². The van der Waals surface area contributed by atoms with Crippen molar-refractivity contribution in [1.29, 1.82) is 0 Å².